The minimum atomic E-state index is -0.937. The lowest BCUT2D eigenvalue weighted by Gasteiger charge is -2.33. The van der Waals surface area contributed by atoms with Gasteiger partial charge in [-0.25, -0.2) is 14.8 Å². The number of nitrogens with zero attached hydrogens (tertiary/aromatic N) is 3. The number of anilines is 1. The molecule has 3 rings (SSSR count). The molecule has 2 N–H and O–H groups in total. The number of carbonyl (C=O) groups is 2. The zero-order valence-corrected chi connectivity index (χ0v) is 15.6. The fraction of sp³-hybridized carbons (Fsp3) is 0.400. The number of carbonyl (C=O) groups excluding carboxylic acids is 1. The van der Waals surface area contributed by atoms with Crippen molar-refractivity contribution in [1.29, 1.82) is 0 Å². The van der Waals surface area contributed by atoms with Crippen LogP contribution in [0.25, 0.3) is 0 Å². The highest BCUT2D eigenvalue weighted by atomic mass is 16.4. The van der Waals surface area contributed by atoms with Crippen molar-refractivity contribution in [2.45, 2.75) is 38.6 Å². The number of piperidine rings is 1. The molecule has 0 spiro atoms. The van der Waals surface area contributed by atoms with Crippen LogP contribution < -0.4 is 5.32 Å². The average molecular weight is 368 g/mol. The van der Waals surface area contributed by atoms with Gasteiger partial charge < -0.3 is 15.3 Å². The zero-order chi connectivity index (χ0) is 19.4. The molecule has 1 saturated heterocycles. The number of hydrogen-bond donors (Lipinski definition) is 2. The lowest BCUT2D eigenvalue weighted by atomic mass is 9.89. The van der Waals surface area contributed by atoms with Gasteiger partial charge >= 0.3 is 5.97 Å². The third-order valence-electron chi connectivity index (χ3n) is 4.63. The van der Waals surface area contributed by atoms with E-state index in [2.05, 4.69) is 15.3 Å². The van der Waals surface area contributed by atoms with Gasteiger partial charge in [0.1, 0.15) is 0 Å². The molecule has 2 heterocycles. The highest BCUT2D eigenvalue weighted by molar-refractivity contribution is 5.93. The fourth-order valence-corrected chi connectivity index (χ4v) is 3.31. The molecule has 7 heteroatoms. The van der Waals surface area contributed by atoms with E-state index in [9.17, 15) is 14.7 Å². The minimum absolute atomic E-state index is 0.0924. The molecule has 1 unspecified atom stereocenters. The van der Waals surface area contributed by atoms with E-state index in [1.54, 1.807) is 35.5 Å². The van der Waals surface area contributed by atoms with Crippen molar-refractivity contribution in [3.05, 3.63) is 53.3 Å². The second kappa shape index (κ2) is 8.16. The first-order valence-corrected chi connectivity index (χ1v) is 9.15. The Morgan fingerprint density at radius 2 is 1.96 bits per heavy atom. The van der Waals surface area contributed by atoms with E-state index in [0.29, 0.717) is 24.6 Å². The number of amides is 1. The van der Waals surface area contributed by atoms with Crippen LogP contribution in [0.15, 0.2) is 36.7 Å². The summed E-state index contributed by atoms with van der Waals surface area (Å²) in [5.41, 5.74) is 1.70. The van der Waals surface area contributed by atoms with Gasteiger partial charge in [-0.05, 0) is 44.4 Å². The predicted octanol–water partition coefficient (Wildman–Crippen LogP) is 3.01. The van der Waals surface area contributed by atoms with Crippen LogP contribution in [-0.4, -0.2) is 51.0 Å². The first kappa shape index (κ1) is 18.8. The van der Waals surface area contributed by atoms with E-state index in [0.717, 1.165) is 18.4 Å². The fourth-order valence-electron chi connectivity index (χ4n) is 3.31. The summed E-state index contributed by atoms with van der Waals surface area (Å²) in [4.78, 5) is 34.2. The van der Waals surface area contributed by atoms with Gasteiger partial charge in [0, 0.05) is 37.4 Å². The molecule has 142 valence electrons. The van der Waals surface area contributed by atoms with E-state index in [1.807, 2.05) is 19.9 Å². The number of carboxylic acid groups (broad SMARTS) is 1. The third-order valence-corrected chi connectivity index (χ3v) is 4.63. The van der Waals surface area contributed by atoms with Crippen LogP contribution in [0.2, 0.25) is 0 Å². The lowest BCUT2D eigenvalue weighted by molar-refractivity contribution is 0.0687. The first-order chi connectivity index (χ1) is 12.9. The predicted molar refractivity (Wildman–Crippen MR) is 102 cm³/mol. The molecular formula is C20H24N4O3. The Balaban J connectivity index is 1.71. The van der Waals surface area contributed by atoms with Crippen molar-refractivity contribution in [2.24, 2.45) is 0 Å². The SMILES string of the molecule is CC(C)Nc1ncc(C(=O)N2CCCC(c3cccc(C(=O)O)c3)C2)cn1. The Bertz CT molecular complexity index is 820. The molecule has 1 aromatic carbocycles. The monoisotopic (exact) mass is 368 g/mol. The van der Waals surface area contributed by atoms with Gasteiger partial charge in [-0.15, -0.1) is 0 Å². The van der Waals surface area contributed by atoms with Crippen LogP contribution in [0, 0.1) is 0 Å². The Morgan fingerprint density at radius 3 is 2.63 bits per heavy atom. The normalized spacial score (nSPS) is 17.0. The summed E-state index contributed by atoms with van der Waals surface area (Å²) in [5, 5.41) is 12.3. The van der Waals surface area contributed by atoms with Crippen LogP contribution in [-0.2, 0) is 0 Å². The Hall–Kier alpha value is -2.96. The summed E-state index contributed by atoms with van der Waals surface area (Å²) < 4.78 is 0. The van der Waals surface area contributed by atoms with Crippen molar-refractivity contribution in [3.8, 4) is 0 Å². The summed E-state index contributed by atoms with van der Waals surface area (Å²) in [6.45, 7) is 5.24. The number of nitrogens with one attached hydrogen (secondary N) is 1. The number of carboxylic acids is 1. The second-order valence-electron chi connectivity index (χ2n) is 7.12. The van der Waals surface area contributed by atoms with E-state index in [4.69, 9.17) is 0 Å². The van der Waals surface area contributed by atoms with E-state index >= 15 is 0 Å². The maximum atomic E-state index is 12.8. The molecule has 1 atom stereocenters. The van der Waals surface area contributed by atoms with Crippen molar-refractivity contribution in [1.82, 2.24) is 14.9 Å². The quantitative estimate of drug-likeness (QED) is 0.842. The molecule has 0 aliphatic carbocycles. The van der Waals surface area contributed by atoms with E-state index < -0.39 is 5.97 Å². The third kappa shape index (κ3) is 4.61. The molecule has 1 aromatic heterocycles. The number of rotatable bonds is 5. The summed E-state index contributed by atoms with van der Waals surface area (Å²) in [6.07, 6.45) is 4.91. The molecule has 7 nitrogen and oxygen atoms in total. The van der Waals surface area contributed by atoms with Crippen LogP contribution in [0.5, 0.6) is 0 Å². The molecule has 1 amide bonds. The molecule has 1 fully saturated rings. The van der Waals surface area contributed by atoms with Crippen LogP contribution in [0.4, 0.5) is 5.95 Å². The molecule has 0 bridgehead atoms. The number of likely N-dealkylation sites (tertiary alicyclic amines) is 1. The number of aromatic nitrogens is 2. The molecule has 0 radical (unpaired) electrons. The number of hydrogen-bond acceptors (Lipinski definition) is 5. The molecule has 0 saturated carbocycles. The molecule has 1 aliphatic rings. The minimum Gasteiger partial charge on any atom is -0.478 e. The molecule has 1 aliphatic heterocycles. The van der Waals surface area contributed by atoms with Gasteiger partial charge in [-0.3, -0.25) is 4.79 Å². The highest BCUT2D eigenvalue weighted by Crippen LogP contribution is 2.28. The van der Waals surface area contributed by atoms with Crippen LogP contribution in [0.1, 0.15) is 58.9 Å². The van der Waals surface area contributed by atoms with Gasteiger partial charge in [0.2, 0.25) is 5.95 Å². The maximum absolute atomic E-state index is 12.8. The smallest absolute Gasteiger partial charge is 0.335 e. The molecule has 27 heavy (non-hydrogen) atoms. The van der Waals surface area contributed by atoms with Crippen molar-refractivity contribution in [2.75, 3.05) is 18.4 Å². The van der Waals surface area contributed by atoms with Crippen molar-refractivity contribution < 1.29 is 14.7 Å². The largest absolute Gasteiger partial charge is 0.478 e. The zero-order valence-electron chi connectivity index (χ0n) is 15.6. The Kier molecular flexibility index (Phi) is 5.69. The number of benzene rings is 1. The van der Waals surface area contributed by atoms with Gasteiger partial charge in [0.05, 0.1) is 11.1 Å². The first-order valence-electron chi connectivity index (χ1n) is 9.15. The maximum Gasteiger partial charge on any atom is 0.335 e. The van der Waals surface area contributed by atoms with E-state index in [-0.39, 0.29) is 23.4 Å². The molecule has 2 aromatic rings. The Labute approximate surface area is 158 Å². The number of aromatic carboxylic acids is 1. The summed E-state index contributed by atoms with van der Waals surface area (Å²) in [6, 6.07) is 7.20. The summed E-state index contributed by atoms with van der Waals surface area (Å²) >= 11 is 0. The van der Waals surface area contributed by atoms with Crippen LogP contribution >= 0.6 is 0 Å². The van der Waals surface area contributed by atoms with Gasteiger partial charge in [-0.2, -0.15) is 0 Å². The molecular weight excluding hydrogens is 344 g/mol. The van der Waals surface area contributed by atoms with Crippen molar-refractivity contribution >= 4 is 17.8 Å². The lowest BCUT2D eigenvalue weighted by Crippen LogP contribution is -2.39. The second-order valence-corrected chi connectivity index (χ2v) is 7.12. The topological polar surface area (TPSA) is 95.4 Å². The van der Waals surface area contributed by atoms with Gasteiger partial charge in [-0.1, -0.05) is 12.1 Å². The highest BCUT2D eigenvalue weighted by Gasteiger charge is 2.26. The van der Waals surface area contributed by atoms with Gasteiger partial charge in [0.15, 0.2) is 0 Å². The summed E-state index contributed by atoms with van der Waals surface area (Å²) in [5.74, 6) is -0.397. The average Bonchev–Trinajstić information content (AvgIpc) is 2.68. The Morgan fingerprint density at radius 1 is 1.22 bits per heavy atom. The summed E-state index contributed by atoms with van der Waals surface area (Å²) in [7, 11) is 0. The van der Waals surface area contributed by atoms with Crippen LogP contribution in [0.3, 0.4) is 0 Å². The van der Waals surface area contributed by atoms with E-state index in [1.165, 1.54) is 0 Å². The standard InChI is InChI=1S/C20H24N4O3/c1-13(2)23-20-21-10-17(11-22-20)18(25)24-8-4-7-16(12-24)14-5-3-6-15(9-14)19(26)27/h3,5-6,9-11,13,16H,4,7-8,12H2,1-2H3,(H,26,27)(H,21,22,23). The van der Waals surface area contributed by atoms with Gasteiger partial charge in [0.25, 0.3) is 5.91 Å². The van der Waals surface area contributed by atoms with Crippen molar-refractivity contribution in [3.63, 3.8) is 0 Å².